The van der Waals surface area contributed by atoms with Crippen LogP contribution in [0.4, 0.5) is 5.95 Å². The van der Waals surface area contributed by atoms with Gasteiger partial charge in [-0.15, -0.1) is 0 Å². The van der Waals surface area contributed by atoms with E-state index in [1.807, 2.05) is 25.1 Å². The Morgan fingerprint density at radius 1 is 1.06 bits per heavy atom. The van der Waals surface area contributed by atoms with Gasteiger partial charge in [-0.2, -0.15) is 0 Å². The minimum absolute atomic E-state index is 0.0327. The van der Waals surface area contributed by atoms with Crippen LogP contribution in [-0.4, -0.2) is 47.7 Å². The monoisotopic (exact) mass is 486 g/mol. The second-order valence-electron chi connectivity index (χ2n) is 11.1. The van der Waals surface area contributed by atoms with E-state index in [2.05, 4.69) is 60.5 Å². The zero-order chi connectivity index (χ0) is 25.2. The number of carbonyl (C=O) groups excluding carboxylic acids is 1. The molecule has 190 valence electrons. The molecule has 5 rings (SSSR count). The average Bonchev–Trinajstić information content (AvgIpc) is 2.89. The molecular weight excluding hydrogens is 448 g/mol. The van der Waals surface area contributed by atoms with E-state index in [-0.39, 0.29) is 22.8 Å². The highest BCUT2D eigenvalue weighted by Gasteiger charge is 2.41. The molecule has 0 spiro atoms. The molecule has 2 fully saturated rings. The van der Waals surface area contributed by atoms with E-state index in [0.717, 1.165) is 74.3 Å². The van der Waals surface area contributed by atoms with Gasteiger partial charge in [-0.3, -0.25) is 4.79 Å². The Balaban J connectivity index is 1.18. The number of benzene rings is 2. The third-order valence-electron chi connectivity index (χ3n) is 8.06. The molecule has 0 radical (unpaired) electrons. The largest absolute Gasteiger partial charge is 0.376 e. The van der Waals surface area contributed by atoms with E-state index >= 15 is 0 Å². The second-order valence-corrected chi connectivity index (χ2v) is 11.1. The molecule has 3 heterocycles. The topological polar surface area (TPSA) is 67.4 Å². The van der Waals surface area contributed by atoms with Crippen molar-refractivity contribution < 1.29 is 9.53 Å². The van der Waals surface area contributed by atoms with Gasteiger partial charge in [-0.05, 0) is 64.5 Å². The zero-order valence-corrected chi connectivity index (χ0v) is 21.8. The van der Waals surface area contributed by atoms with Gasteiger partial charge in [0.25, 0.3) is 0 Å². The molecule has 2 aliphatic heterocycles. The third-order valence-corrected chi connectivity index (χ3v) is 8.06. The molecule has 2 aromatic carbocycles. The number of nitrogens with one attached hydrogen (secondary N) is 1. The first-order chi connectivity index (χ1) is 17.4. The Hall–Kier alpha value is -2.99. The first-order valence-electron chi connectivity index (χ1n) is 13.3. The molecule has 2 saturated heterocycles. The number of nitrogens with zero attached hydrogens (tertiary/aromatic N) is 3. The summed E-state index contributed by atoms with van der Waals surface area (Å²) in [5.74, 6) is 0.999. The lowest BCUT2D eigenvalue weighted by atomic mass is 9.67. The van der Waals surface area contributed by atoms with E-state index in [4.69, 9.17) is 14.7 Å². The standard InChI is InChI=1S/C30H38N4O2/c1-22-25-11-7-8-12-26(25)33-28(32-22)34-18-13-23(14-19-34)27(35)31-17-15-30(24-9-5-4-6-10-24)16-20-36-29(2,3)21-30/h4-12,23H,13-21H2,1-3H3,(H,31,35)/t30-/m1/s1. The number of hydrogen-bond donors (Lipinski definition) is 1. The number of para-hydroxylation sites is 1. The summed E-state index contributed by atoms with van der Waals surface area (Å²) in [5.41, 5.74) is 3.20. The molecule has 1 aromatic heterocycles. The molecule has 0 aliphatic carbocycles. The maximum absolute atomic E-state index is 13.1. The fourth-order valence-corrected chi connectivity index (χ4v) is 6.15. The molecule has 1 N–H and O–H groups in total. The van der Waals surface area contributed by atoms with Crippen LogP contribution in [0.2, 0.25) is 0 Å². The average molecular weight is 487 g/mol. The van der Waals surface area contributed by atoms with Crippen molar-refractivity contribution in [2.75, 3.05) is 31.1 Å². The normalized spacial score (nSPS) is 22.5. The Bertz CT molecular complexity index is 1200. The number of amides is 1. The highest BCUT2D eigenvalue weighted by Crippen LogP contribution is 2.43. The smallest absolute Gasteiger partial charge is 0.226 e. The lowest BCUT2D eigenvalue weighted by Crippen LogP contribution is -2.46. The van der Waals surface area contributed by atoms with Crippen molar-refractivity contribution in [3.63, 3.8) is 0 Å². The van der Waals surface area contributed by atoms with Gasteiger partial charge in [0.1, 0.15) is 0 Å². The van der Waals surface area contributed by atoms with Crippen molar-refractivity contribution in [2.45, 2.75) is 63.9 Å². The summed E-state index contributed by atoms with van der Waals surface area (Å²) in [6, 6.07) is 18.9. The third kappa shape index (κ3) is 5.24. The van der Waals surface area contributed by atoms with E-state index in [0.29, 0.717) is 6.54 Å². The van der Waals surface area contributed by atoms with Crippen LogP contribution in [0.3, 0.4) is 0 Å². The van der Waals surface area contributed by atoms with Gasteiger partial charge in [-0.25, -0.2) is 9.97 Å². The highest BCUT2D eigenvalue weighted by atomic mass is 16.5. The quantitative estimate of drug-likeness (QED) is 0.520. The first kappa shape index (κ1) is 24.7. The molecule has 6 heteroatoms. The second kappa shape index (κ2) is 10.2. The Labute approximate surface area is 214 Å². The summed E-state index contributed by atoms with van der Waals surface area (Å²) in [6.07, 6.45) is 4.53. The van der Waals surface area contributed by atoms with Crippen LogP contribution in [0.5, 0.6) is 0 Å². The Kier molecular flexibility index (Phi) is 6.98. The zero-order valence-electron chi connectivity index (χ0n) is 21.8. The van der Waals surface area contributed by atoms with E-state index in [9.17, 15) is 4.79 Å². The lowest BCUT2D eigenvalue weighted by Gasteiger charge is -2.45. The summed E-state index contributed by atoms with van der Waals surface area (Å²) in [4.78, 5) is 24.8. The molecule has 3 aromatic rings. The van der Waals surface area contributed by atoms with Crippen molar-refractivity contribution in [3.8, 4) is 0 Å². The molecule has 1 atom stereocenters. The number of hydrogen-bond acceptors (Lipinski definition) is 5. The summed E-state index contributed by atoms with van der Waals surface area (Å²) in [6.45, 7) is 9.44. The SMILES string of the molecule is Cc1nc(N2CCC(C(=O)NCC[C@@]3(c4ccccc4)CCOC(C)(C)C3)CC2)nc2ccccc12. The molecule has 36 heavy (non-hydrogen) atoms. The van der Waals surface area contributed by atoms with Crippen molar-refractivity contribution in [1.29, 1.82) is 0 Å². The number of aryl methyl sites for hydroxylation is 1. The van der Waals surface area contributed by atoms with Gasteiger partial charge < -0.3 is 15.0 Å². The van der Waals surface area contributed by atoms with Gasteiger partial charge in [0.05, 0.1) is 16.8 Å². The Morgan fingerprint density at radius 2 is 1.78 bits per heavy atom. The molecule has 0 saturated carbocycles. The Morgan fingerprint density at radius 3 is 2.53 bits per heavy atom. The minimum atomic E-state index is -0.159. The number of ether oxygens (including phenoxy) is 1. The van der Waals surface area contributed by atoms with Crippen LogP contribution in [0.15, 0.2) is 54.6 Å². The molecule has 6 nitrogen and oxygen atoms in total. The predicted molar refractivity (Wildman–Crippen MR) is 144 cm³/mol. The number of rotatable bonds is 6. The summed E-state index contributed by atoms with van der Waals surface area (Å²) in [7, 11) is 0. The van der Waals surface area contributed by atoms with E-state index in [1.54, 1.807) is 0 Å². The van der Waals surface area contributed by atoms with Crippen LogP contribution in [-0.2, 0) is 14.9 Å². The first-order valence-corrected chi connectivity index (χ1v) is 13.3. The fourth-order valence-electron chi connectivity index (χ4n) is 6.15. The number of anilines is 1. The number of aromatic nitrogens is 2. The number of fused-ring (bicyclic) bond motifs is 1. The van der Waals surface area contributed by atoms with Gasteiger partial charge in [0.15, 0.2) is 0 Å². The van der Waals surface area contributed by atoms with Crippen molar-refractivity contribution >= 4 is 22.8 Å². The molecular formula is C30H38N4O2. The van der Waals surface area contributed by atoms with Crippen LogP contribution >= 0.6 is 0 Å². The lowest BCUT2D eigenvalue weighted by molar-refractivity contribution is -0.125. The number of carbonyl (C=O) groups is 1. The molecule has 0 bridgehead atoms. The number of piperidine rings is 1. The molecule has 1 amide bonds. The van der Waals surface area contributed by atoms with Crippen molar-refractivity contribution in [1.82, 2.24) is 15.3 Å². The molecule has 0 unspecified atom stereocenters. The van der Waals surface area contributed by atoms with Crippen LogP contribution in [0, 0.1) is 12.8 Å². The summed E-state index contributed by atoms with van der Waals surface area (Å²) >= 11 is 0. The van der Waals surface area contributed by atoms with Crippen LogP contribution < -0.4 is 10.2 Å². The van der Waals surface area contributed by atoms with Gasteiger partial charge >= 0.3 is 0 Å². The van der Waals surface area contributed by atoms with E-state index in [1.165, 1.54) is 5.56 Å². The summed E-state index contributed by atoms with van der Waals surface area (Å²) in [5, 5.41) is 4.37. The van der Waals surface area contributed by atoms with Crippen molar-refractivity contribution in [3.05, 3.63) is 65.9 Å². The fraction of sp³-hybridized carbons (Fsp3) is 0.500. The van der Waals surface area contributed by atoms with Crippen LogP contribution in [0.25, 0.3) is 10.9 Å². The highest BCUT2D eigenvalue weighted by molar-refractivity contribution is 5.82. The minimum Gasteiger partial charge on any atom is -0.376 e. The van der Waals surface area contributed by atoms with Crippen molar-refractivity contribution in [2.24, 2.45) is 5.92 Å². The predicted octanol–water partition coefficient (Wildman–Crippen LogP) is 5.19. The van der Waals surface area contributed by atoms with Gasteiger partial charge in [-0.1, -0.05) is 48.5 Å². The summed E-state index contributed by atoms with van der Waals surface area (Å²) < 4.78 is 6.04. The maximum Gasteiger partial charge on any atom is 0.226 e. The molecule has 2 aliphatic rings. The van der Waals surface area contributed by atoms with E-state index < -0.39 is 0 Å². The van der Waals surface area contributed by atoms with Gasteiger partial charge in [0, 0.05) is 43.0 Å². The van der Waals surface area contributed by atoms with Crippen LogP contribution in [0.1, 0.15) is 57.2 Å². The maximum atomic E-state index is 13.1. The van der Waals surface area contributed by atoms with Gasteiger partial charge in [0.2, 0.25) is 11.9 Å².